The normalized spacial score (nSPS) is 18.8. The van der Waals surface area contributed by atoms with Gasteiger partial charge in [0.1, 0.15) is 0 Å². The van der Waals surface area contributed by atoms with Crippen molar-refractivity contribution in [3.63, 3.8) is 0 Å². The number of nitriles is 1. The molecule has 2 aromatic rings. The monoisotopic (exact) mass is 475 g/mol. The van der Waals surface area contributed by atoms with Gasteiger partial charge in [0, 0.05) is 37.7 Å². The minimum absolute atomic E-state index is 0.0813. The van der Waals surface area contributed by atoms with Crippen LogP contribution in [0.3, 0.4) is 0 Å². The maximum atomic E-state index is 13.2. The van der Waals surface area contributed by atoms with Crippen molar-refractivity contribution in [3.8, 4) is 6.07 Å². The summed E-state index contributed by atoms with van der Waals surface area (Å²) in [7, 11) is 0. The molecule has 8 heteroatoms. The highest BCUT2D eigenvalue weighted by Gasteiger charge is 2.33. The Labute approximate surface area is 204 Å². The number of aliphatic imine (C=N–C) groups is 1. The molecule has 3 aliphatic heterocycles. The Morgan fingerprint density at radius 1 is 1.24 bits per heavy atom. The van der Waals surface area contributed by atoms with E-state index >= 15 is 0 Å². The van der Waals surface area contributed by atoms with Gasteiger partial charge < -0.3 is 19.9 Å². The molecule has 0 radical (unpaired) electrons. The zero-order chi connectivity index (χ0) is 23.5. The van der Waals surface area contributed by atoms with E-state index in [2.05, 4.69) is 27.8 Å². The fraction of sp³-hybridized carbons (Fsp3) is 0.423. The van der Waals surface area contributed by atoms with Gasteiger partial charge in [0.15, 0.2) is 0 Å². The van der Waals surface area contributed by atoms with Crippen molar-refractivity contribution in [1.82, 2.24) is 15.1 Å². The molecule has 1 N–H and O–H groups in total. The summed E-state index contributed by atoms with van der Waals surface area (Å²) in [6, 6.07) is 10.1. The van der Waals surface area contributed by atoms with E-state index in [9.17, 15) is 10.1 Å². The highest BCUT2D eigenvalue weighted by molar-refractivity contribution is 7.12. The number of likely N-dealkylation sites (tertiary alicyclic amines) is 1. The lowest BCUT2D eigenvalue weighted by molar-refractivity contribution is 0.0697. The van der Waals surface area contributed by atoms with Crippen LogP contribution >= 0.6 is 11.3 Å². The van der Waals surface area contributed by atoms with Crippen LogP contribution in [0.5, 0.6) is 0 Å². The predicted octanol–water partition coefficient (Wildman–Crippen LogP) is 4.49. The molecule has 176 valence electrons. The Bertz CT molecular complexity index is 1150. The number of ether oxygens (including phenoxy) is 1. The van der Waals surface area contributed by atoms with Crippen molar-refractivity contribution < 1.29 is 9.53 Å². The lowest BCUT2D eigenvalue weighted by Crippen LogP contribution is -2.46. The average molecular weight is 476 g/mol. The third-order valence-electron chi connectivity index (χ3n) is 6.71. The smallest absolute Gasteiger partial charge is 0.254 e. The number of benzene rings is 1. The SMILES string of the molecule is C=C1c2scc(C(=O)NC3CCOCC3)c2N=C(N2CCCCC2)N1Cc1ccccc1C#N. The predicted molar refractivity (Wildman–Crippen MR) is 134 cm³/mol. The number of carbonyl (C=O) groups excluding carboxylic acids is 1. The number of carbonyl (C=O) groups is 1. The number of thiophene rings is 1. The van der Waals surface area contributed by atoms with E-state index < -0.39 is 0 Å². The van der Waals surface area contributed by atoms with Gasteiger partial charge in [0.05, 0.1) is 40.0 Å². The molecule has 0 bridgehead atoms. The zero-order valence-corrected chi connectivity index (χ0v) is 20.1. The summed E-state index contributed by atoms with van der Waals surface area (Å²) in [4.78, 5) is 23.6. The fourth-order valence-corrected chi connectivity index (χ4v) is 5.74. The van der Waals surface area contributed by atoms with Gasteiger partial charge in [-0.2, -0.15) is 5.26 Å². The van der Waals surface area contributed by atoms with Crippen LogP contribution in [0.25, 0.3) is 5.70 Å². The molecule has 0 saturated carbocycles. The average Bonchev–Trinajstić information content (AvgIpc) is 3.31. The topological polar surface area (TPSA) is 81.0 Å². The Kier molecular flexibility index (Phi) is 6.66. The molecule has 0 atom stereocenters. The quantitative estimate of drug-likeness (QED) is 0.705. The van der Waals surface area contributed by atoms with Crippen LogP contribution in [0, 0.1) is 11.3 Å². The van der Waals surface area contributed by atoms with E-state index in [1.807, 2.05) is 29.6 Å². The summed E-state index contributed by atoms with van der Waals surface area (Å²) >= 11 is 1.51. The van der Waals surface area contributed by atoms with E-state index in [4.69, 9.17) is 9.73 Å². The van der Waals surface area contributed by atoms with Gasteiger partial charge in [-0.05, 0) is 43.7 Å². The second-order valence-electron chi connectivity index (χ2n) is 8.95. The molecule has 34 heavy (non-hydrogen) atoms. The number of hydrogen-bond acceptors (Lipinski definition) is 7. The molecule has 0 spiro atoms. The molecule has 5 rings (SSSR count). The van der Waals surface area contributed by atoms with Crippen LogP contribution in [-0.4, -0.2) is 54.0 Å². The largest absolute Gasteiger partial charge is 0.381 e. The maximum Gasteiger partial charge on any atom is 0.254 e. The van der Waals surface area contributed by atoms with Crippen molar-refractivity contribution >= 4 is 34.6 Å². The molecule has 1 aromatic heterocycles. The summed E-state index contributed by atoms with van der Waals surface area (Å²) in [6.45, 7) is 8.14. The van der Waals surface area contributed by atoms with Crippen molar-refractivity contribution in [1.29, 1.82) is 5.26 Å². The molecule has 4 heterocycles. The molecule has 0 unspecified atom stereocenters. The summed E-state index contributed by atoms with van der Waals surface area (Å²) in [6.07, 6.45) is 5.10. The number of nitrogens with zero attached hydrogens (tertiary/aromatic N) is 4. The van der Waals surface area contributed by atoms with E-state index in [1.165, 1.54) is 17.8 Å². The van der Waals surface area contributed by atoms with Crippen molar-refractivity contribution in [3.05, 3.63) is 57.8 Å². The van der Waals surface area contributed by atoms with E-state index in [-0.39, 0.29) is 11.9 Å². The summed E-state index contributed by atoms with van der Waals surface area (Å²) in [5.41, 5.74) is 3.74. The van der Waals surface area contributed by atoms with Gasteiger partial charge in [0.25, 0.3) is 5.91 Å². The second-order valence-corrected chi connectivity index (χ2v) is 9.83. The molecule has 7 nitrogen and oxygen atoms in total. The molecule has 2 saturated heterocycles. The van der Waals surface area contributed by atoms with Crippen LogP contribution in [0.1, 0.15) is 58.5 Å². The van der Waals surface area contributed by atoms with E-state index in [0.29, 0.717) is 36.6 Å². The number of hydrogen-bond donors (Lipinski definition) is 1. The fourth-order valence-electron chi connectivity index (χ4n) is 4.78. The van der Waals surface area contributed by atoms with E-state index in [1.54, 1.807) is 0 Å². The molecule has 3 aliphatic rings. The van der Waals surface area contributed by atoms with Gasteiger partial charge in [-0.3, -0.25) is 4.79 Å². The van der Waals surface area contributed by atoms with E-state index in [0.717, 1.165) is 60.9 Å². The summed E-state index contributed by atoms with van der Waals surface area (Å²) in [5, 5.41) is 14.7. The first kappa shape index (κ1) is 22.6. The molecule has 0 aliphatic carbocycles. The van der Waals surface area contributed by atoms with Crippen molar-refractivity contribution in [2.24, 2.45) is 4.99 Å². The molecule has 1 aromatic carbocycles. The first-order valence-electron chi connectivity index (χ1n) is 11.9. The van der Waals surface area contributed by atoms with Crippen LogP contribution in [0.4, 0.5) is 5.69 Å². The standard InChI is InChI=1S/C26H29N5O2S/c1-18-24-23(22(17-34-24)25(32)28-21-9-13-33-14-10-21)29-26(30-11-5-2-6-12-30)31(18)16-20-8-4-3-7-19(20)15-27/h3-4,7-8,17,21H,1-2,5-6,9-14,16H2,(H,28,32). The zero-order valence-electron chi connectivity index (χ0n) is 19.3. The number of guanidine groups is 1. The van der Waals surface area contributed by atoms with Crippen LogP contribution in [0.2, 0.25) is 0 Å². The summed E-state index contributed by atoms with van der Waals surface area (Å²) < 4.78 is 5.42. The number of fused-ring (bicyclic) bond motifs is 1. The maximum absolute atomic E-state index is 13.2. The first-order chi connectivity index (χ1) is 16.7. The first-order valence-corrected chi connectivity index (χ1v) is 12.8. The third-order valence-corrected chi connectivity index (χ3v) is 7.73. The lowest BCUT2D eigenvalue weighted by Gasteiger charge is -2.39. The van der Waals surface area contributed by atoms with Gasteiger partial charge in [-0.15, -0.1) is 11.3 Å². The van der Waals surface area contributed by atoms with Crippen molar-refractivity contribution in [2.75, 3.05) is 26.3 Å². The Hall–Kier alpha value is -3.15. The van der Waals surface area contributed by atoms with Crippen LogP contribution < -0.4 is 5.32 Å². The van der Waals surface area contributed by atoms with Gasteiger partial charge in [-0.1, -0.05) is 24.8 Å². The minimum Gasteiger partial charge on any atom is -0.381 e. The Balaban J connectivity index is 1.48. The van der Waals surface area contributed by atoms with Gasteiger partial charge >= 0.3 is 0 Å². The Morgan fingerprint density at radius 3 is 2.76 bits per heavy atom. The third kappa shape index (κ3) is 4.46. The molecule has 2 fully saturated rings. The molecular weight excluding hydrogens is 446 g/mol. The number of amides is 1. The second kappa shape index (κ2) is 10.00. The van der Waals surface area contributed by atoms with Crippen molar-refractivity contribution in [2.45, 2.75) is 44.7 Å². The molecule has 1 amide bonds. The van der Waals surface area contributed by atoms with Crippen LogP contribution in [0.15, 0.2) is 41.2 Å². The highest BCUT2D eigenvalue weighted by atomic mass is 32.1. The summed E-state index contributed by atoms with van der Waals surface area (Å²) in [5.74, 6) is 0.741. The Morgan fingerprint density at radius 2 is 2.00 bits per heavy atom. The number of nitrogens with one attached hydrogen (secondary N) is 1. The lowest BCUT2D eigenvalue weighted by atomic mass is 10.1. The number of rotatable bonds is 4. The molecular formula is C26H29N5O2S. The van der Waals surface area contributed by atoms with Gasteiger partial charge in [-0.25, -0.2) is 4.99 Å². The number of piperidine rings is 1. The minimum atomic E-state index is -0.0813. The highest BCUT2D eigenvalue weighted by Crippen LogP contribution is 2.42. The van der Waals surface area contributed by atoms with Crippen LogP contribution in [-0.2, 0) is 11.3 Å². The van der Waals surface area contributed by atoms with Gasteiger partial charge in [0.2, 0.25) is 5.96 Å².